The Balaban J connectivity index is 2.10. The molecule has 0 aromatic heterocycles. The number of fused-ring (bicyclic) bond motifs is 1. The van der Waals surface area contributed by atoms with E-state index in [9.17, 15) is 13.5 Å². The van der Waals surface area contributed by atoms with Gasteiger partial charge in [0.05, 0.1) is 6.61 Å². The van der Waals surface area contributed by atoms with E-state index in [2.05, 4.69) is 18.9 Å². The van der Waals surface area contributed by atoms with Crippen LogP contribution in [0.4, 0.5) is 0 Å². The molecule has 3 atom stereocenters. The number of aryl methyl sites for hydroxylation is 1. The number of nitrogens with zero attached hydrogens (tertiary/aromatic N) is 2. The molecule has 6 nitrogen and oxygen atoms in total. The highest BCUT2D eigenvalue weighted by Crippen LogP contribution is 2.36. The minimum absolute atomic E-state index is 0.0470. The zero-order valence-electron chi connectivity index (χ0n) is 19.8. The van der Waals surface area contributed by atoms with Gasteiger partial charge in [0.25, 0.3) is 0 Å². The molecule has 1 N–H and O–H groups in total. The minimum Gasteiger partial charge on any atom is -0.487 e. The fourth-order valence-corrected chi connectivity index (χ4v) is 5.98. The zero-order valence-corrected chi connectivity index (χ0v) is 20.6. The second-order valence-corrected chi connectivity index (χ2v) is 10.9. The van der Waals surface area contributed by atoms with Crippen LogP contribution in [-0.4, -0.2) is 68.2 Å². The lowest BCUT2D eigenvalue weighted by molar-refractivity contribution is 0.0753. The molecule has 0 spiro atoms. The maximum atomic E-state index is 13.6. The first kappa shape index (κ1) is 24.7. The molecule has 1 aliphatic rings. The van der Waals surface area contributed by atoms with Crippen molar-refractivity contribution in [2.24, 2.45) is 5.92 Å². The number of aliphatic hydroxyl groups excluding tert-OH is 1. The summed E-state index contributed by atoms with van der Waals surface area (Å²) in [6, 6.07) is 12.9. The summed E-state index contributed by atoms with van der Waals surface area (Å²) in [7, 11) is -1.76. The van der Waals surface area contributed by atoms with Gasteiger partial charge in [-0.25, -0.2) is 8.42 Å². The molecule has 3 rings (SSSR count). The second-order valence-electron chi connectivity index (χ2n) is 9.03. The number of aliphatic hydroxyl groups is 1. The standard InChI is InChI=1S/C25H36N2O4S/c1-6-13-26(5)16-24-19(3)15-27(20(4)17-28)32(29,30)25-12-11-22(14-23(25)31-24)21-9-7-18(2)8-10-21/h7-12,14,19-20,24,28H,6,13,15-17H2,1-5H3/t19-,20+,24+/m1/s1. The zero-order chi connectivity index (χ0) is 23.5. The molecule has 176 valence electrons. The van der Waals surface area contributed by atoms with Gasteiger partial charge in [-0.05, 0) is 57.1 Å². The summed E-state index contributed by atoms with van der Waals surface area (Å²) in [5, 5.41) is 9.77. The van der Waals surface area contributed by atoms with Crippen LogP contribution in [0.25, 0.3) is 11.1 Å². The van der Waals surface area contributed by atoms with E-state index in [0.29, 0.717) is 18.8 Å². The highest BCUT2D eigenvalue weighted by molar-refractivity contribution is 7.89. The summed E-state index contributed by atoms with van der Waals surface area (Å²) >= 11 is 0. The fraction of sp³-hybridized carbons (Fsp3) is 0.520. The number of sulfonamides is 1. The first-order valence-electron chi connectivity index (χ1n) is 11.4. The van der Waals surface area contributed by atoms with Crippen LogP contribution in [0.15, 0.2) is 47.4 Å². The molecule has 0 unspecified atom stereocenters. The van der Waals surface area contributed by atoms with Crippen molar-refractivity contribution in [1.82, 2.24) is 9.21 Å². The number of ether oxygens (including phenoxy) is 1. The van der Waals surface area contributed by atoms with Crippen LogP contribution >= 0.6 is 0 Å². The van der Waals surface area contributed by atoms with Crippen molar-refractivity contribution in [3.05, 3.63) is 48.0 Å². The van der Waals surface area contributed by atoms with E-state index >= 15 is 0 Å². The van der Waals surface area contributed by atoms with Crippen molar-refractivity contribution in [3.8, 4) is 16.9 Å². The largest absolute Gasteiger partial charge is 0.487 e. The smallest absolute Gasteiger partial charge is 0.247 e. The SMILES string of the molecule is CCCN(C)C[C@@H]1Oc2cc(-c3ccc(C)cc3)ccc2S(=O)(=O)N([C@@H](C)CO)C[C@H]1C. The molecule has 0 radical (unpaired) electrons. The van der Waals surface area contributed by atoms with Gasteiger partial charge in [-0.1, -0.05) is 49.7 Å². The number of benzene rings is 2. The Hall–Kier alpha value is -1.93. The average Bonchev–Trinajstić information content (AvgIpc) is 2.76. The molecule has 32 heavy (non-hydrogen) atoms. The summed E-state index contributed by atoms with van der Waals surface area (Å²) in [5.74, 6) is 0.328. The molecular formula is C25H36N2O4S. The van der Waals surface area contributed by atoms with Gasteiger partial charge in [-0.2, -0.15) is 4.31 Å². The number of hydrogen-bond donors (Lipinski definition) is 1. The Morgan fingerprint density at radius 2 is 1.84 bits per heavy atom. The van der Waals surface area contributed by atoms with Crippen LogP contribution in [0.1, 0.15) is 32.8 Å². The Bertz CT molecular complexity index is 1010. The van der Waals surface area contributed by atoms with E-state index < -0.39 is 16.1 Å². The van der Waals surface area contributed by atoms with Crippen LogP contribution in [0.3, 0.4) is 0 Å². The average molecular weight is 461 g/mol. The van der Waals surface area contributed by atoms with Gasteiger partial charge in [0.2, 0.25) is 10.0 Å². The quantitative estimate of drug-likeness (QED) is 0.681. The Kier molecular flexibility index (Phi) is 7.98. The Morgan fingerprint density at radius 3 is 2.47 bits per heavy atom. The van der Waals surface area contributed by atoms with Gasteiger partial charge in [-0.15, -0.1) is 0 Å². The third kappa shape index (κ3) is 5.34. The number of hydrogen-bond acceptors (Lipinski definition) is 5. The van der Waals surface area contributed by atoms with E-state index in [1.54, 1.807) is 13.0 Å². The van der Waals surface area contributed by atoms with E-state index in [4.69, 9.17) is 4.74 Å². The molecule has 0 aliphatic carbocycles. The monoisotopic (exact) mass is 460 g/mol. The van der Waals surface area contributed by atoms with Gasteiger partial charge in [0.15, 0.2) is 0 Å². The van der Waals surface area contributed by atoms with Crippen molar-refractivity contribution in [2.75, 3.05) is 33.3 Å². The molecule has 0 saturated heterocycles. The molecule has 1 heterocycles. The predicted octanol–water partition coefficient (Wildman–Crippen LogP) is 3.77. The summed E-state index contributed by atoms with van der Waals surface area (Å²) < 4.78 is 35.0. The fourth-order valence-electron chi connectivity index (χ4n) is 4.15. The lowest BCUT2D eigenvalue weighted by Crippen LogP contribution is -2.49. The van der Waals surface area contributed by atoms with E-state index in [-0.39, 0.29) is 23.5 Å². The van der Waals surface area contributed by atoms with Gasteiger partial charge in [-0.3, -0.25) is 0 Å². The third-order valence-electron chi connectivity index (χ3n) is 6.15. The molecule has 0 bridgehead atoms. The maximum Gasteiger partial charge on any atom is 0.247 e. The number of likely N-dealkylation sites (N-methyl/N-ethyl adjacent to an activating group) is 1. The maximum absolute atomic E-state index is 13.6. The summed E-state index contributed by atoms with van der Waals surface area (Å²) in [5.41, 5.74) is 3.09. The summed E-state index contributed by atoms with van der Waals surface area (Å²) in [4.78, 5) is 2.38. The normalized spacial score (nSPS) is 22.0. The van der Waals surface area contributed by atoms with Crippen molar-refractivity contribution < 1.29 is 18.3 Å². The predicted molar refractivity (Wildman–Crippen MR) is 128 cm³/mol. The summed E-state index contributed by atoms with van der Waals surface area (Å²) in [6.45, 7) is 9.65. The molecular weight excluding hydrogens is 424 g/mol. The van der Waals surface area contributed by atoms with Crippen LogP contribution in [0.5, 0.6) is 5.75 Å². The van der Waals surface area contributed by atoms with Gasteiger partial charge >= 0.3 is 0 Å². The molecule has 0 amide bonds. The Morgan fingerprint density at radius 1 is 1.19 bits per heavy atom. The lowest BCUT2D eigenvalue weighted by Gasteiger charge is -2.37. The molecule has 2 aromatic rings. The third-order valence-corrected chi connectivity index (χ3v) is 8.17. The highest BCUT2D eigenvalue weighted by atomic mass is 32.2. The molecule has 2 aromatic carbocycles. The van der Waals surface area contributed by atoms with Crippen molar-refractivity contribution in [3.63, 3.8) is 0 Å². The lowest BCUT2D eigenvalue weighted by atomic mass is 10.0. The van der Waals surface area contributed by atoms with Crippen LogP contribution < -0.4 is 4.74 Å². The van der Waals surface area contributed by atoms with E-state index in [1.165, 1.54) is 9.87 Å². The molecule has 0 saturated carbocycles. The van der Waals surface area contributed by atoms with Crippen molar-refractivity contribution in [1.29, 1.82) is 0 Å². The topological polar surface area (TPSA) is 70.1 Å². The highest BCUT2D eigenvalue weighted by Gasteiger charge is 2.38. The van der Waals surface area contributed by atoms with Crippen LogP contribution in [-0.2, 0) is 10.0 Å². The first-order chi connectivity index (χ1) is 15.2. The Labute approximate surface area is 192 Å². The van der Waals surface area contributed by atoms with Gasteiger partial charge in [0.1, 0.15) is 16.7 Å². The molecule has 7 heteroatoms. The molecule has 0 fully saturated rings. The van der Waals surface area contributed by atoms with Gasteiger partial charge < -0.3 is 14.7 Å². The summed E-state index contributed by atoms with van der Waals surface area (Å²) in [6.07, 6.45) is 0.857. The van der Waals surface area contributed by atoms with E-state index in [0.717, 1.165) is 24.1 Å². The van der Waals surface area contributed by atoms with Crippen molar-refractivity contribution >= 4 is 10.0 Å². The first-order valence-corrected chi connectivity index (χ1v) is 12.8. The van der Waals surface area contributed by atoms with Crippen molar-refractivity contribution in [2.45, 2.75) is 51.2 Å². The second kappa shape index (κ2) is 10.3. The molecule has 1 aliphatic heterocycles. The van der Waals surface area contributed by atoms with Crippen LogP contribution in [0, 0.1) is 12.8 Å². The number of rotatable bonds is 7. The van der Waals surface area contributed by atoms with E-state index in [1.807, 2.05) is 50.2 Å². The van der Waals surface area contributed by atoms with Gasteiger partial charge in [0, 0.05) is 25.0 Å². The minimum atomic E-state index is -3.82. The van der Waals surface area contributed by atoms with Crippen LogP contribution in [0.2, 0.25) is 0 Å².